The van der Waals surface area contributed by atoms with E-state index in [-0.39, 0.29) is 11.9 Å². The summed E-state index contributed by atoms with van der Waals surface area (Å²) >= 11 is 0. The number of benzene rings is 2. The lowest BCUT2D eigenvalue weighted by molar-refractivity contribution is 0.242. The van der Waals surface area contributed by atoms with Crippen molar-refractivity contribution >= 4 is 0 Å². The van der Waals surface area contributed by atoms with Crippen molar-refractivity contribution in [2.45, 2.75) is 19.1 Å². The Morgan fingerprint density at radius 3 is 2.85 bits per heavy atom. The second kappa shape index (κ2) is 6.80. The molecule has 3 aromatic rings. The van der Waals surface area contributed by atoms with E-state index in [1.54, 1.807) is 13.3 Å². The van der Waals surface area contributed by atoms with Gasteiger partial charge in [-0.15, -0.1) is 0 Å². The molecular formula is C20H20FN3O2. The second-order valence-electron chi connectivity index (χ2n) is 6.40. The van der Waals surface area contributed by atoms with Gasteiger partial charge in [0.15, 0.2) is 0 Å². The van der Waals surface area contributed by atoms with Gasteiger partial charge in [0, 0.05) is 35.9 Å². The molecule has 0 saturated heterocycles. The van der Waals surface area contributed by atoms with Crippen LogP contribution in [-0.2, 0) is 13.0 Å². The lowest BCUT2D eigenvalue weighted by Crippen LogP contribution is -2.24. The first kappa shape index (κ1) is 16.6. The molecule has 1 aliphatic heterocycles. The van der Waals surface area contributed by atoms with Crippen LogP contribution in [0.1, 0.15) is 11.1 Å². The van der Waals surface area contributed by atoms with Crippen LogP contribution < -0.4 is 15.2 Å². The van der Waals surface area contributed by atoms with Gasteiger partial charge >= 0.3 is 0 Å². The minimum atomic E-state index is -0.275. The van der Waals surface area contributed by atoms with E-state index < -0.39 is 0 Å². The summed E-state index contributed by atoms with van der Waals surface area (Å²) in [5.41, 5.74) is 9.21. The molecule has 1 aliphatic rings. The maximum absolute atomic E-state index is 14.0. The van der Waals surface area contributed by atoms with E-state index in [1.165, 1.54) is 12.1 Å². The Morgan fingerprint density at radius 1 is 1.31 bits per heavy atom. The molecule has 134 valence electrons. The zero-order valence-corrected chi connectivity index (χ0v) is 14.5. The summed E-state index contributed by atoms with van der Waals surface area (Å²) in [4.78, 5) is 0. The van der Waals surface area contributed by atoms with E-state index in [2.05, 4.69) is 5.10 Å². The second-order valence-corrected chi connectivity index (χ2v) is 6.40. The van der Waals surface area contributed by atoms with Crippen LogP contribution >= 0.6 is 0 Å². The molecule has 2 N–H and O–H groups in total. The van der Waals surface area contributed by atoms with Crippen molar-refractivity contribution in [3.05, 3.63) is 65.7 Å². The molecule has 0 radical (unpaired) electrons. The van der Waals surface area contributed by atoms with Gasteiger partial charge in [-0.1, -0.05) is 12.1 Å². The molecule has 0 saturated carbocycles. The number of hydrogen-bond donors (Lipinski definition) is 1. The Hall–Kier alpha value is -2.86. The average Bonchev–Trinajstić information content (AvgIpc) is 3.28. The molecule has 2 heterocycles. The van der Waals surface area contributed by atoms with Gasteiger partial charge in [-0.25, -0.2) is 4.39 Å². The Balaban J connectivity index is 1.60. The number of halogens is 1. The van der Waals surface area contributed by atoms with E-state index in [1.807, 2.05) is 35.1 Å². The maximum atomic E-state index is 14.0. The maximum Gasteiger partial charge on any atom is 0.131 e. The fourth-order valence-electron chi connectivity index (χ4n) is 3.25. The molecule has 0 fully saturated rings. The fourth-order valence-corrected chi connectivity index (χ4v) is 3.25. The highest BCUT2D eigenvalue weighted by atomic mass is 19.1. The Bertz CT molecular complexity index is 921. The van der Waals surface area contributed by atoms with Crippen LogP contribution in [0.3, 0.4) is 0 Å². The molecule has 0 amide bonds. The van der Waals surface area contributed by atoms with Crippen LogP contribution in [0.2, 0.25) is 0 Å². The van der Waals surface area contributed by atoms with E-state index in [9.17, 15) is 4.39 Å². The number of hydrogen-bond acceptors (Lipinski definition) is 4. The van der Waals surface area contributed by atoms with Crippen LogP contribution in [0.5, 0.6) is 11.5 Å². The van der Waals surface area contributed by atoms with Gasteiger partial charge < -0.3 is 15.2 Å². The highest BCUT2D eigenvalue weighted by Crippen LogP contribution is 2.39. The first-order chi connectivity index (χ1) is 12.7. The molecule has 1 aromatic heterocycles. The minimum absolute atomic E-state index is 0.0973. The average molecular weight is 353 g/mol. The molecule has 5 nitrogen and oxygen atoms in total. The molecule has 1 atom stereocenters. The molecule has 0 aliphatic carbocycles. The molecule has 4 rings (SSSR count). The normalized spacial score (nSPS) is 15.6. The highest BCUT2D eigenvalue weighted by molar-refractivity contribution is 5.72. The van der Waals surface area contributed by atoms with Gasteiger partial charge in [0.1, 0.15) is 23.4 Å². The van der Waals surface area contributed by atoms with E-state index in [0.717, 1.165) is 28.0 Å². The highest BCUT2D eigenvalue weighted by Gasteiger charge is 2.26. The largest absolute Gasteiger partial charge is 0.497 e. The van der Waals surface area contributed by atoms with E-state index in [0.29, 0.717) is 25.3 Å². The van der Waals surface area contributed by atoms with Crippen LogP contribution in [0.4, 0.5) is 4.39 Å². The van der Waals surface area contributed by atoms with Gasteiger partial charge in [-0.05, 0) is 29.8 Å². The van der Waals surface area contributed by atoms with E-state index >= 15 is 0 Å². The summed E-state index contributed by atoms with van der Waals surface area (Å²) in [6, 6.07) is 10.8. The summed E-state index contributed by atoms with van der Waals surface area (Å²) < 4.78 is 26.9. The smallest absolute Gasteiger partial charge is 0.131 e. The molecular weight excluding hydrogens is 333 g/mol. The molecule has 0 unspecified atom stereocenters. The number of fused-ring (bicyclic) bond motifs is 1. The SMILES string of the molecule is COc1ccc(Cn2cc(-c3cc(F)cc4c3O[C@H](CN)C4)cn2)cc1. The topological polar surface area (TPSA) is 62.3 Å². The number of aromatic nitrogens is 2. The quantitative estimate of drug-likeness (QED) is 0.766. The zero-order chi connectivity index (χ0) is 18.1. The number of nitrogens with zero attached hydrogens (tertiary/aromatic N) is 2. The van der Waals surface area contributed by atoms with Crippen molar-refractivity contribution in [1.29, 1.82) is 0 Å². The predicted molar refractivity (Wildman–Crippen MR) is 96.9 cm³/mol. The predicted octanol–water partition coefficient (Wildman–Crippen LogP) is 3.01. The third kappa shape index (κ3) is 3.15. The number of nitrogens with two attached hydrogens (primary N) is 1. The Morgan fingerprint density at radius 2 is 2.12 bits per heavy atom. The van der Waals surface area contributed by atoms with Crippen LogP contribution in [0.15, 0.2) is 48.8 Å². The lowest BCUT2D eigenvalue weighted by atomic mass is 10.0. The third-order valence-corrected chi connectivity index (χ3v) is 4.57. The Kier molecular flexibility index (Phi) is 4.34. The summed E-state index contributed by atoms with van der Waals surface area (Å²) in [6.45, 7) is 1.03. The first-order valence-electron chi connectivity index (χ1n) is 8.51. The molecule has 6 heteroatoms. The third-order valence-electron chi connectivity index (χ3n) is 4.57. The van der Waals surface area contributed by atoms with E-state index in [4.69, 9.17) is 15.2 Å². The van der Waals surface area contributed by atoms with Crippen molar-refractivity contribution in [2.24, 2.45) is 5.73 Å². The van der Waals surface area contributed by atoms with Crippen molar-refractivity contribution in [3.63, 3.8) is 0 Å². The minimum Gasteiger partial charge on any atom is -0.497 e. The molecule has 2 aromatic carbocycles. The van der Waals surface area contributed by atoms with Gasteiger partial charge in [-0.3, -0.25) is 4.68 Å². The van der Waals surface area contributed by atoms with Gasteiger partial charge in [0.25, 0.3) is 0 Å². The summed E-state index contributed by atoms with van der Waals surface area (Å²) in [6.07, 6.45) is 4.17. The first-order valence-corrected chi connectivity index (χ1v) is 8.51. The monoisotopic (exact) mass is 353 g/mol. The summed E-state index contributed by atoms with van der Waals surface area (Å²) in [5, 5.41) is 4.41. The van der Waals surface area contributed by atoms with Crippen molar-refractivity contribution in [2.75, 3.05) is 13.7 Å². The number of ether oxygens (including phenoxy) is 2. The van der Waals surface area contributed by atoms with Crippen LogP contribution in [-0.4, -0.2) is 29.5 Å². The standard InChI is InChI=1S/C20H20FN3O2/c1-25-17-4-2-13(3-5-17)11-24-12-15(10-23-24)19-8-16(21)6-14-7-18(9-22)26-20(14)19/h2-6,8,10,12,18H,7,9,11,22H2,1H3/t18-/m0/s1. The van der Waals surface area contributed by atoms with Gasteiger partial charge in [0.05, 0.1) is 19.9 Å². The molecule has 0 spiro atoms. The van der Waals surface area contributed by atoms with Gasteiger partial charge in [-0.2, -0.15) is 5.10 Å². The van der Waals surface area contributed by atoms with Crippen molar-refractivity contribution in [1.82, 2.24) is 9.78 Å². The van der Waals surface area contributed by atoms with Gasteiger partial charge in [0.2, 0.25) is 0 Å². The van der Waals surface area contributed by atoms with Crippen molar-refractivity contribution < 1.29 is 13.9 Å². The van der Waals surface area contributed by atoms with Crippen LogP contribution in [0, 0.1) is 5.82 Å². The van der Waals surface area contributed by atoms with Crippen molar-refractivity contribution in [3.8, 4) is 22.6 Å². The number of rotatable bonds is 5. The zero-order valence-electron chi connectivity index (χ0n) is 14.5. The summed E-state index contributed by atoms with van der Waals surface area (Å²) in [7, 11) is 1.64. The summed E-state index contributed by atoms with van der Waals surface area (Å²) in [5.74, 6) is 1.26. The number of methoxy groups -OCH3 is 1. The Labute approximate surface area is 151 Å². The molecule has 26 heavy (non-hydrogen) atoms. The van der Waals surface area contributed by atoms with Crippen LogP contribution in [0.25, 0.3) is 11.1 Å². The fraction of sp³-hybridized carbons (Fsp3) is 0.250. The lowest BCUT2D eigenvalue weighted by Gasteiger charge is -2.10. The molecule has 0 bridgehead atoms.